The van der Waals surface area contributed by atoms with Gasteiger partial charge in [-0.15, -0.1) is 0 Å². The number of nitrogens with one attached hydrogen (secondary N) is 2. The molecule has 0 aliphatic rings. The summed E-state index contributed by atoms with van der Waals surface area (Å²) in [5.74, 6) is 0. The molecule has 0 saturated carbocycles. The summed E-state index contributed by atoms with van der Waals surface area (Å²) in [6.45, 7) is 0.313. The number of hydrogen-bond acceptors (Lipinski definition) is 3. The molecule has 0 spiro atoms. The van der Waals surface area contributed by atoms with Gasteiger partial charge in [-0.1, -0.05) is 23.7 Å². The Kier molecular flexibility index (Phi) is 5.80. The number of aryl methyl sites for hydroxylation is 1. The molecule has 6 nitrogen and oxygen atoms in total. The molecule has 7 heteroatoms. The normalized spacial score (nSPS) is 12.0. The van der Waals surface area contributed by atoms with E-state index < -0.39 is 6.04 Å². The second-order valence-electron chi connectivity index (χ2n) is 4.96. The number of aliphatic hydroxyl groups excluding tert-OH is 1. The molecule has 0 bridgehead atoms. The van der Waals surface area contributed by atoms with Crippen molar-refractivity contribution in [1.29, 1.82) is 0 Å². The minimum absolute atomic E-state index is 0.183. The topological polar surface area (TPSA) is 79.2 Å². The summed E-state index contributed by atoms with van der Waals surface area (Å²) in [6, 6.07) is 6.22. The molecule has 1 aromatic heterocycles. The predicted octanol–water partition coefficient (Wildman–Crippen LogP) is 1.65. The number of amides is 2. The lowest BCUT2D eigenvalue weighted by Crippen LogP contribution is -2.40. The number of carbonyl (C=O) groups excluding carboxylic acids is 1. The highest BCUT2D eigenvalue weighted by Crippen LogP contribution is 2.16. The standard InChI is InChI=1S/C15H19ClN4O2/c1-20-9-11(8-18-20)6-7-17-15(22)19-14(10-21)12-2-4-13(16)5-3-12/h2-5,8-9,14,21H,6-7,10H2,1H3,(H2,17,19,22). The SMILES string of the molecule is Cn1cc(CCNC(=O)NC(CO)c2ccc(Cl)cc2)cn1. The molecule has 1 atom stereocenters. The number of urea groups is 1. The van der Waals surface area contributed by atoms with Crippen molar-refractivity contribution < 1.29 is 9.90 Å². The molecule has 1 unspecified atom stereocenters. The van der Waals surface area contributed by atoms with Gasteiger partial charge in [0.05, 0.1) is 18.8 Å². The first-order chi connectivity index (χ1) is 10.6. The van der Waals surface area contributed by atoms with Crippen molar-refractivity contribution in [2.24, 2.45) is 7.05 Å². The second kappa shape index (κ2) is 7.82. The zero-order valence-electron chi connectivity index (χ0n) is 12.3. The van der Waals surface area contributed by atoms with Gasteiger partial charge in [0.25, 0.3) is 0 Å². The van der Waals surface area contributed by atoms with Gasteiger partial charge in [-0.05, 0) is 29.7 Å². The van der Waals surface area contributed by atoms with E-state index in [9.17, 15) is 9.90 Å². The van der Waals surface area contributed by atoms with Crippen LogP contribution in [0, 0.1) is 0 Å². The minimum Gasteiger partial charge on any atom is -0.394 e. The van der Waals surface area contributed by atoms with Crippen molar-refractivity contribution in [3.05, 3.63) is 52.8 Å². The molecule has 0 radical (unpaired) electrons. The Bertz CT molecular complexity index is 612. The van der Waals surface area contributed by atoms with Crippen molar-refractivity contribution in [2.75, 3.05) is 13.2 Å². The molecule has 1 heterocycles. The van der Waals surface area contributed by atoms with Crippen LogP contribution < -0.4 is 10.6 Å². The van der Waals surface area contributed by atoms with E-state index in [0.717, 1.165) is 11.1 Å². The Hall–Kier alpha value is -2.05. The van der Waals surface area contributed by atoms with E-state index in [-0.39, 0.29) is 12.6 Å². The summed E-state index contributed by atoms with van der Waals surface area (Å²) in [5.41, 5.74) is 1.86. The fourth-order valence-electron chi connectivity index (χ4n) is 2.06. The Morgan fingerprint density at radius 3 is 2.73 bits per heavy atom. The van der Waals surface area contributed by atoms with Crippen molar-refractivity contribution in [1.82, 2.24) is 20.4 Å². The van der Waals surface area contributed by atoms with E-state index in [1.165, 1.54) is 0 Å². The third-order valence-corrected chi connectivity index (χ3v) is 3.47. The van der Waals surface area contributed by atoms with Crippen LogP contribution in [0.5, 0.6) is 0 Å². The monoisotopic (exact) mass is 322 g/mol. The lowest BCUT2D eigenvalue weighted by Gasteiger charge is -2.17. The maximum absolute atomic E-state index is 11.9. The van der Waals surface area contributed by atoms with E-state index in [0.29, 0.717) is 18.0 Å². The van der Waals surface area contributed by atoms with Gasteiger partial charge in [-0.2, -0.15) is 5.10 Å². The average molecular weight is 323 g/mol. The van der Waals surface area contributed by atoms with Gasteiger partial charge in [0.1, 0.15) is 0 Å². The van der Waals surface area contributed by atoms with Crippen LogP contribution in [0.15, 0.2) is 36.7 Å². The molecule has 3 N–H and O–H groups in total. The van der Waals surface area contributed by atoms with Crippen LogP contribution in [-0.2, 0) is 13.5 Å². The molecule has 0 aliphatic carbocycles. The Morgan fingerprint density at radius 1 is 1.41 bits per heavy atom. The van der Waals surface area contributed by atoms with Gasteiger partial charge in [-0.3, -0.25) is 4.68 Å². The number of carbonyl (C=O) groups is 1. The number of benzene rings is 1. The molecule has 2 aromatic rings. The van der Waals surface area contributed by atoms with Crippen LogP contribution in [0.25, 0.3) is 0 Å². The van der Waals surface area contributed by atoms with Gasteiger partial charge < -0.3 is 15.7 Å². The summed E-state index contributed by atoms with van der Waals surface area (Å²) in [7, 11) is 1.85. The highest BCUT2D eigenvalue weighted by atomic mass is 35.5. The highest BCUT2D eigenvalue weighted by molar-refractivity contribution is 6.30. The minimum atomic E-state index is -0.462. The fourth-order valence-corrected chi connectivity index (χ4v) is 2.19. The third-order valence-electron chi connectivity index (χ3n) is 3.22. The smallest absolute Gasteiger partial charge is 0.315 e. The third kappa shape index (κ3) is 4.75. The van der Waals surface area contributed by atoms with Crippen LogP contribution in [0.1, 0.15) is 17.2 Å². The van der Waals surface area contributed by atoms with Crippen LogP contribution in [0.4, 0.5) is 4.79 Å². The van der Waals surface area contributed by atoms with Crippen LogP contribution >= 0.6 is 11.6 Å². The predicted molar refractivity (Wildman–Crippen MR) is 84.7 cm³/mol. The van der Waals surface area contributed by atoms with E-state index in [2.05, 4.69) is 15.7 Å². The van der Waals surface area contributed by atoms with E-state index in [1.54, 1.807) is 35.1 Å². The number of aliphatic hydroxyl groups is 1. The molecular weight excluding hydrogens is 304 g/mol. The number of aromatic nitrogens is 2. The number of rotatable bonds is 6. The van der Waals surface area contributed by atoms with E-state index in [1.807, 2.05) is 13.2 Å². The molecule has 1 aromatic carbocycles. The van der Waals surface area contributed by atoms with Crippen LogP contribution in [0.2, 0.25) is 5.02 Å². The fraction of sp³-hybridized carbons (Fsp3) is 0.333. The summed E-state index contributed by atoms with van der Waals surface area (Å²) >= 11 is 5.82. The van der Waals surface area contributed by atoms with Gasteiger partial charge in [-0.25, -0.2) is 4.79 Å². The number of hydrogen-bond donors (Lipinski definition) is 3. The van der Waals surface area contributed by atoms with Crippen molar-refractivity contribution in [3.8, 4) is 0 Å². The first-order valence-electron chi connectivity index (χ1n) is 6.96. The summed E-state index contributed by atoms with van der Waals surface area (Å²) in [6.07, 6.45) is 4.37. The quantitative estimate of drug-likeness (QED) is 0.756. The zero-order valence-corrected chi connectivity index (χ0v) is 13.0. The second-order valence-corrected chi connectivity index (χ2v) is 5.40. The van der Waals surface area contributed by atoms with Crippen molar-refractivity contribution in [2.45, 2.75) is 12.5 Å². The zero-order chi connectivity index (χ0) is 15.9. The molecule has 22 heavy (non-hydrogen) atoms. The first kappa shape index (κ1) is 16.3. The molecule has 2 rings (SSSR count). The van der Waals surface area contributed by atoms with Crippen molar-refractivity contribution >= 4 is 17.6 Å². The number of nitrogens with zero attached hydrogens (tertiary/aromatic N) is 2. The van der Waals surface area contributed by atoms with Gasteiger partial charge in [0.15, 0.2) is 0 Å². The highest BCUT2D eigenvalue weighted by Gasteiger charge is 2.13. The molecule has 2 amide bonds. The number of halogens is 1. The van der Waals surface area contributed by atoms with Crippen LogP contribution in [0.3, 0.4) is 0 Å². The maximum atomic E-state index is 11.9. The molecule has 0 saturated heterocycles. The lowest BCUT2D eigenvalue weighted by atomic mass is 10.1. The van der Waals surface area contributed by atoms with Gasteiger partial charge in [0, 0.05) is 24.8 Å². The largest absolute Gasteiger partial charge is 0.394 e. The summed E-state index contributed by atoms with van der Waals surface area (Å²) in [4.78, 5) is 11.9. The van der Waals surface area contributed by atoms with Gasteiger partial charge in [0.2, 0.25) is 0 Å². The first-order valence-corrected chi connectivity index (χ1v) is 7.34. The van der Waals surface area contributed by atoms with Gasteiger partial charge >= 0.3 is 6.03 Å². The van der Waals surface area contributed by atoms with Crippen molar-refractivity contribution in [3.63, 3.8) is 0 Å². The van der Waals surface area contributed by atoms with E-state index in [4.69, 9.17) is 11.6 Å². The maximum Gasteiger partial charge on any atom is 0.315 e. The molecular formula is C15H19ClN4O2. The van der Waals surface area contributed by atoms with E-state index >= 15 is 0 Å². The van der Waals surface area contributed by atoms with Crippen LogP contribution in [-0.4, -0.2) is 34.1 Å². The Balaban J connectivity index is 1.80. The summed E-state index contributed by atoms with van der Waals surface area (Å²) in [5, 5.41) is 19.6. The summed E-state index contributed by atoms with van der Waals surface area (Å²) < 4.78 is 1.72. The lowest BCUT2D eigenvalue weighted by molar-refractivity contribution is 0.217. The average Bonchev–Trinajstić information content (AvgIpc) is 2.91. The molecule has 0 fully saturated rings. The molecule has 0 aliphatic heterocycles. The Morgan fingerprint density at radius 2 is 2.14 bits per heavy atom. The molecule has 118 valence electrons. The Labute approximate surface area is 134 Å².